The molecule has 94 valence electrons. The zero-order chi connectivity index (χ0) is 13.0. The van der Waals surface area contributed by atoms with Gasteiger partial charge in [-0.1, -0.05) is 42.5 Å². The Balaban J connectivity index is 1.92. The van der Waals surface area contributed by atoms with E-state index in [0.717, 1.165) is 17.6 Å². The summed E-state index contributed by atoms with van der Waals surface area (Å²) in [7, 11) is 0. The molecule has 0 radical (unpaired) electrons. The maximum atomic E-state index is 11.9. The van der Waals surface area contributed by atoms with E-state index in [0.29, 0.717) is 6.61 Å². The van der Waals surface area contributed by atoms with Crippen molar-refractivity contribution in [2.75, 3.05) is 0 Å². The van der Waals surface area contributed by atoms with Crippen LogP contribution >= 0.6 is 0 Å². The van der Waals surface area contributed by atoms with Crippen LogP contribution in [0.25, 0.3) is 0 Å². The van der Waals surface area contributed by atoms with Gasteiger partial charge in [-0.3, -0.25) is 4.90 Å². The average molecular weight is 243 g/mol. The van der Waals surface area contributed by atoms with Crippen LogP contribution in [0.2, 0.25) is 0 Å². The summed E-state index contributed by atoms with van der Waals surface area (Å²) >= 11 is 0. The van der Waals surface area contributed by atoms with Gasteiger partial charge in [0.05, 0.1) is 0 Å². The maximum absolute atomic E-state index is 11.9. The number of hydrogen-bond donors (Lipinski definition) is 0. The van der Waals surface area contributed by atoms with Crippen LogP contribution in [0.15, 0.2) is 54.8 Å². The first kappa shape index (κ1) is 12.4. The highest BCUT2D eigenvalue weighted by atomic mass is 16.6. The van der Waals surface area contributed by atoms with E-state index in [2.05, 4.69) is 6.58 Å². The summed E-state index contributed by atoms with van der Waals surface area (Å²) in [6, 6.07) is 9.76. The monoisotopic (exact) mass is 243 g/mol. The van der Waals surface area contributed by atoms with Gasteiger partial charge in [0.15, 0.2) is 0 Å². The van der Waals surface area contributed by atoms with Crippen molar-refractivity contribution in [3.8, 4) is 0 Å². The second-order valence-corrected chi connectivity index (χ2v) is 4.47. The third-order valence-electron chi connectivity index (χ3n) is 2.92. The fourth-order valence-electron chi connectivity index (χ4n) is 1.91. The molecule has 1 aliphatic rings. The molecule has 1 aromatic rings. The number of carbonyl (C=O) groups is 1. The van der Waals surface area contributed by atoms with Crippen molar-refractivity contribution in [3.05, 3.63) is 60.3 Å². The Morgan fingerprint density at radius 3 is 2.83 bits per heavy atom. The summed E-state index contributed by atoms with van der Waals surface area (Å²) in [5, 5.41) is 0. The molecule has 1 aromatic carbocycles. The van der Waals surface area contributed by atoms with Gasteiger partial charge in [0.1, 0.15) is 6.61 Å². The molecule has 1 amide bonds. The van der Waals surface area contributed by atoms with E-state index in [4.69, 9.17) is 4.74 Å². The van der Waals surface area contributed by atoms with E-state index >= 15 is 0 Å². The van der Waals surface area contributed by atoms with Crippen LogP contribution in [-0.2, 0) is 11.3 Å². The highest BCUT2D eigenvalue weighted by Crippen LogP contribution is 2.19. The molecule has 0 saturated carbocycles. The van der Waals surface area contributed by atoms with Crippen LogP contribution in [0.3, 0.4) is 0 Å². The number of allylic oxidation sites excluding steroid dienone is 1. The number of rotatable bonds is 2. The van der Waals surface area contributed by atoms with Crippen LogP contribution in [0.4, 0.5) is 4.79 Å². The van der Waals surface area contributed by atoms with Crippen LogP contribution in [-0.4, -0.2) is 17.0 Å². The Hall–Kier alpha value is -2.03. The van der Waals surface area contributed by atoms with E-state index in [1.165, 1.54) is 0 Å². The predicted octanol–water partition coefficient (Wildman–Crippen LogP) is 3.49. The summed E-state index contributed by atoms with van der Waals surface area (Å²) in [5.41, 5.74) is 2.03. The Morgan fingerprint density at radius 2 is 2.17 bits per heavy atom. The van der Waals surface area contributed by atoms with Crippen LogP contribution in [0, 0.1) is 0 Å². The molecule has 1 atom stereocenters. The van der Waals surface area contributed by atoms with E-state index in [1.807, 2.05) is 43.3 Å². The standard InChI is InChI=1S/C15H17NO2/c1-12-8-9-16(13(2)10-12)15(17)18-11-14-6-4-3-5-7-14/h3-9,13H,1,10-11H2,2H3. The number of nitrogens with zero attached hydrogens (tertiary/aromatic N) is 1. The first-order chi connectivity index (χ1) is 8.66. The van der Waals surface area contributed by atoms with E-state index in [9.17, 15) is 4.79 Å². The fourth-order valence-corrected chi connectivity index (χ4v) is 1.91. The van der Waals surface area contributed by atoms with Gasteiger partial charge < -0.3 is 4.74 Å². The molecule has 0 aliphatic carbocycles. The van der Waals surface area contributed by atoms with E-state index < -0.39 is 0 Å². The topological polar surface area (TPSA) is 29.5 Å². The van der Waals surface area contributed by atoms with Gasteiger partial charge in [-0.25, -0.2) is 4.79 Å². The molecular formula is C15H17NO2. The Bertz CT molecular complexity index is 465. The minimum absolute atomic E-state index is 0.103. The lowest BCUT2D eigenvalue weighted by atomic mass is 10.1. The summed E-state index contributed by atoms with van der Waals surface area (Å²) < 4.78 is 5.28. The van der Waals surface area contributed by atoms with Crippen LogP contribution in [0.5, 0.6) is 0 Å². The minimum atomic E-state index is -0.310. The predicted molar refractivity (Wildman–Crippen MR) is 70.8 cm³/mol. The first-order valence-electron chi connectivity index (χ1n) is 6.02. The molecule has 0 N–H and O–H groups in total. The molecule has 1 unspecified atom stereocenters. The first-order valence-corrected chi connectivity index (χ1v) is 6.02. The average Bonchev–Trinajstić information content (AvgIpc) is 2.37. The Kier molecular flexibility index (Phi) is 3.82. The lowest BCUT2D eigenvalue weighted by Crippen LogP contribution is -2.36. The normalized spacial score (nSPS) is 18.8. The maximum Gasteiger partial charge on any atom is 0.414 e. The van der Waals surface area contributed by atoms with Gasteiger partial charge in [0.2, 0.25) is 0 Å². The van der Waals surface area contributed by atoms with Crippen molar-refractivity contribution in [1.29, 1.82) is 0 Å². The van der Waals surface area contributed by atoms with Crippen molar-refractivity contribution in [2.45, 2.75) is 26.0 Å². The highest BCUT2D eigenvalue weighted by molar-refractivity contribution is 5.70. The summed E-state index contributed by atoms with van der Waals surface area (Å²) in [4.78, 5) is 13.5. The van der Waals surface area contributed by atoms with Crippen LogP contribution in [0.1, 0.15) is 18.9 Å². The molecule has 2 rings (SSSR count). The van der Waals surface area contributed by atoms with E-state index in [1.54, 1.807) is 11.1 Å². The van der Waals surface area contributed by atoms with Gasteiger partial charge in [-0.15, -0.1) is 0 Å². The number of carbonyl (C=O) groups excluding carboxylic acids is 1. The summed E-state index contributed by atoms with van der Waals surface area (Å²) in [6.45, 7) is 6.17. The zero-order valence-electron chi connectivity index (χ0n) is 10.5. The van der Waals surface area contributed by atoms with Gasteiger partial charge >= 0.3 is 6.09 Å². The number of amides is 1. The molecule has 0 saturated heterocycles. The van der Waals surface area contributed by atoms with Crippen molar-refractivity contribution in [1.82, 2.24) is 4.90 Å². The SMILES string of the molecule is C=C1C=CN(C(=O)OCc2ccccc2)C(C)C1. The lowest BCUT2D eigenvalue weighted by molar-refractivity contribution is 0.0996. The van der Waals surface area contributed by atoms with Gasteiger partial charge in [-0.05, 0) is 25.0 Å². The highest BCUT2D eigenvalue weighted by Gasteiger charge is 2.22. The summed E-state index contributed by atoms with van der Waals surface area (Å²) in [6.07, 6.45) is 4.07. The quantitative estimate of drug-likeness (QED) is 0.795. The summed E-state index contributed by atoms with van der Waals surface area (Å²) in [5.74, 6) is 0. The Morgan fingerprint density at radius 1 is 1.44 bits per heavy atom. The third-order valence-corrected chi connectivity index (χ3v) is 2.92. The molecule has 1 aliphatic heterocycles. The molecule has 0 fully saturated rings. The molecule has 0 aromatic heterocycles. The molecule has 1 heterocycles. The van der Waals surface area contributed by atoms with Crippen molar-refractivity contribution < 1.29 is 9.53 Å². The number of ether oxygens (including phenoxy) is 1. The van der Waals surface area contributed by atoms with Gasteiger partial charge in [-0.2, -0.15) is 0 Å². The number of benzene rings is 1. The Labute approximate surface area is 107 Å². The van der Waals surface area contributed by atoms with Crippen molar-refractivity contribution in [3.63, 3.8) is 0 Å². The molecule has 0 bridgehead atoms. The zero-order valence-corrected chi connectivity index (χ0v) is 10.5. The largest absolute Gasteiger partial charge is 0.444 e. The van der Waals surface area contributed by atoms with Crippen LogP contribution < -0.4 is 0 Å². The second-order valence-electron chi connectivity index (χ2n) is 4.47. The molecule has 3 nitrogen and oxygen atoms in total. The van der Waals surface area contributed by atoms with Gasteiger partial charge in [0.25, 0.3) is 0 Å². The van der Waals surface area contributed by atoms with Crippen molar-refractivity contribution in [2.24, 2.45) is 0 Å². The second kappa shape index (κ2) is 5.54. The molecule has 18 heavy (non-hydrogen) atoms. The fraction of sp³-hybridized carbons (Fsp3) is 0.267. The molecular weight excluding hydrogens is 226 g/mol. The molecule has 0 spiro atoms. The number of hydrogen-bond acceptors (Lipinski definition) is 2. The lowest BCUT2D eigenvalue weighted by Gasteiger charge is -2.28. The third kappa shape index (κ3) is 3.00. The van der Waals surface area contributed by atoms with Gasteiger partial charge in [0, 0.05) is 12.2 Å². The van der Waals surface area contributed by atoms with E-state index in [-0.39, 0.29) is 12.1 Å². The molecule has 3 heteroatoms. The van der Waals surface area contributed by atoms with Crippen molar-refractivity contribution >= 4 is 6.09 Å². The smallest absolute Gasteiger partial charge is 0.414 e. The minimum Gasteiger partial charge on any atom is -0.444 e.